The highest BCUT2D eigenvalue weighted by Crippen LogP contribution is 2.11. The highest BCUT2D eigenvalue weighted by atomic mass is 32.1. The summed E-state index contributed by atoms with van der Waals surface area (Å²) in [6.07, 6.45) is 10.5. The van der Waals surface area contributed by atoms with Crippen LogP contribution in [0.4, 0.5) is 0 Å². The van der Waals surface area contributed by atoms with Gasteiger partial charge in [0.05, 0.1) is 0 Å². The lowest BCUT2D eigenvalue weighted by Crippen LogP contribution is -1.80. The normalized spacial score (nSPS) is 16.3. The Morgan fingerprint density at radius 1 is 1.44 bits per heavy atom. The largest absolute Gasteiger partial charge is 0.197 e. The van der Waals surface area contributed by atoms with Gasteiger partial charge in [-0.2, -0.15) is 13.5 Å². The molecule has 0 atom stereocenters. The van der Waals surface area contributed by atoms with Crippen molar-refractivity contribution in [1.82, 2.24) is 0 Å². The summed E-state index contributed by atoms with van der Waals surface area (Å²) in [5.74, 6) is 0. The third-order valence-corrected chi connectivity index (χ3v) is 1.48. The molecule has 0 saturated carbocycles. The Morgan fingerprint density at radius 3 is 2.56 bits per heavy atom. The minimum absolute atomic E-state index is 0. The minimum atomic E-state index is 0. The first-order chi connectivity index (χ1) is 3.93. The summed E-state index contributed by atoms with van der Waals surface area (Å²) in [6, 6.07) is 0. The predicted octanol–water partition coefficient (Wildman–Crippen LogP) is 2.79. The van der Waals surface area contributed by atoms with Crippen LogP contribution in [0.5, 0.6) is 0 Å². The Balaban J connectivity index is 0.000000640. The minimum Gasteiger partial charge on any atom is -0.197 e. The lowest BCUT2D eigenvalue weighted by Gasteiger charge is -2.01. The fraction of sp³-hybridized carbons (Fsp3) is 0.500. The highest BCUT2D eigenvalue weighted by Gasteiger charge is 1.90. The number of hydrogen-bond donors (Lipinski definition) is 0. The second-order valence-electron chi connectivity index (χ2n) is 2.11. The predicted molar refractivity (Wildman–Crippen MR) is 47.1 cm³/mol. The maximum Gasteiger partial charge on any atom is -0.0310 e. The fourth-order valence-corrected chi connectivity index (χ4v) is 0.930. The molecule has 0 radical (unpaired) electrons. The van der Waals surface area contributed by atoms with Crippen LogP contribution < -0.4 is 0 Å². The van der Waals surface area contributed by atoms with Crippen molar-refractivity contribution in [3.63, 3.8) is 0 Å². The van der Waals surface area contributed by atoms with E-state index < -0.39 is 0 Å². The molecule has 0 heterocycles. The molecule has 0 nitrogen and oxygen atoms in total. The van der Waals surface area contributed by atoms with E-state index in [1.807, 2.05) is 0 Å². The number of allylic oxidation sites excluding steroid dienone is 4. The van der Waals surface area contributed by atoms with Crippen molar-refractivity contribution < 1.29 is 0 Å². The maximum absolute atomic E-state index is 2.32. The second-order valence-corrected chi connectivity index (χ2v) is 2.11. The van der Waals surface area contributed by atoms with Gasteiger partial charge in [-0.15, -0.1) is 0 Å². The monoisotopic (exact) mass is 142 g/mol. The molecule has 0 fully saturated rings. The molecular formula is C8H14S. The first kappa shape index (κ1) is 8.83. The molecule has 0 aromatic rings. The molecular weight excluding hydrogens is 128 g/mol. The molecule has 1 heteroatoms. The van der Waals surface area contributed by atoms with E-state index in [9.17, 15) is 0 Å². The van der Waals surface area contributed by atoms with Crippen molar-refractivity contribution in [3.05, 3.63) is 23.8 Å². The van der Waals surface area contributed by atoms with Crippen molar-refractivity contribution in [2.24, 2.45) is 0 Å². The molecule has 0 N–H and O–H groups in total. The summed E-state index contributed by atoms with van der Waals surface area (Å²) in [7, 11) is 0. The molecule has 0 saturated heterocycles. The summed E-state index contributed by atoms with van der Waals surface area (Å²) < 4.78 is 0. The Labute approximate surface area is 64.1 Å². The first-order valence-corrected chi connectivity index (χ1v) is 3.29. The van der Waals surface area contributed by atoms with Crippen LogP contribution in [0, 0.1) is 0 Å². The Morgan fingerprint density at radius 2 is 2.22 bits per heavy atom. The maximum atomic E-state index is 2.32. The van der Waals surface area contributed by atoms with E-state index in [1.165, 1.54) is 24.8 Å². The van der Waals surface area contributed by atoms with Gasteiger partial charge in [0.15, 0.2) is 0 Å². The van der Waals surface area contributed by atoms with Crippen LogP contribution in [-0.2, 0) is 0 Å². The lowest BCUT2D eigenvalue weighted by molar-refractivity contribution is 0.984. The summed E-state index contributed by atoms with van der Waals surface area (Å²) in [5, 5.41) is 0. The van der Waals surface area contributed by atoms with E-state index in [0.717, 1.165) is 0 Å². The van der Waals surface area contributed by atoms with Gasteiger partial charge in [0.25, 0.3) is 0 Å². The van der Waals surface area contributed by atoms with Crippen molar-refractivity contribution in [2.45, 2.75) is 26.2 Å². The lowest BCUT2D eigenvalue weighted by atomic mass is 10.1. The van der Waals surface area contributed by atoms with Crippen molar-refractivity contribution >= 4 is 13.5 Å². The average Bonchev–Trinajstić information content (AvgIpc) is 1.90. The van der Waals surface area contributed by atoms with Crippen LogP contribution in [0.1, 0.15) is 26.2 Å². The van der Waals surface area contributed by atoms with E-state index in [-0.39, 0.29) is 13.5 Å². The Kier molecular flexibility index (Phi) is 4.60. The highest BCUT2D eigenvalue weighted by molar-refractivity contribution is 7.59. The number of hydrogen-bond acceptors (Lipinski definition) is 0. The van der Waals surface area contributed by atoms with Gasteiger partial charge in [0.1, 0.15) is 0 Å². The molecule has 9 heavy (non-hydrogen) atoms. The first-order valence-electron chi connectivity index (χ1n) is 3.29. The average molecular weight is 142 g/mol. The fourth-order valence-electron chi connectivity index (χ4n) is 0.930. The van der Waals surface area contributed by atoms with E-state index >= 15 is 0 Å². The van der Waals surface area contributed by atoms with Gasteiger partial charge in [-0.3, -0.25) is 0 Å². The van der Waals surface area contributed by atoms with E-state index in [0.29, 0.717) is 0 Å². The summed E-state index contributed by atoms with van der Waals surface area (Å²) in [4.78, 5) is 0. The topological polar surface area (TPSA) is 0 Å². The van der Waals surface area contributed by atoms with Crippen LogP contribution in [0.25, 0.3) is 0 Å². The molecule has 0 unspecified atom stereocenters. The van der Waals surface area contributed by atoms with Crippen LogP contribution in [0.3, 0.4) is 0 Å². The standard InChI is InChI=1S/C8H12.H2S/c1-2-8-6-4-3-5-7-8;/h4,6-7H,2-3,5H2,1H3;1H2. The van der Waals surface area contributed by atoms with Gasteiger partial charge < -0.3 is 0 Å². The van der Waals surface area contributed by atoms with E-state index in [1.54, 1.807) is 0 Å². The van der Waals surface area contributed by atoms with Crippen LogP contribution in [0.2, 0.25) is 0 Å². The molecule has 0 spiro atoms. The number of rotatable bonds is 1. The molecule has 52 valence electrons. The molecule has 0 aromatic heterocycles. The van der Waals surface area contributed by atoms with Crippen molar-refractivity contribution in [1.29, 1.82) is 0 Å². The summed E-state index contributed by atoms with van der Waals surface area (Å²) >= 11 is 0. The molecule has 0 bridgehead atoms. The summed E-state index contributed by atoms with van der Waals surface area (Å²) in [6.45, 7) is 2.20. The zero-order chi connectivity index (χ0) is 5.82. The van der Waals surface area contributed by atoms with E-state index in [2.05, 4.69) is 25.2 Å². The zero-order valence-electron chi connectivity index (χ0n) is 5.85. The molecule has 0 amide bonds. The van der Waals surface area contributed by atoms with Crippen molar-refractivity contribution in [2.75, 3.05) is 0 Å². The third kappa shape index (κ3) is 2.75. The van der Waals surface area contributed by atoms with Gasteiger partial charge >= 0.3 is 0 Å². The molecule has 0 aliphatic heterocycles. The molecule has 1 rings (SSSR count). The van der Waals surface area contributed by atoms with Gasteiger partial charge in [-0.1, -0.05) is 30.7 Å². The van der Waals surface area contributed by atoms with Crippen molar-refractivity contribution in [3.8, 4) is 0 Å². The van der Waals surface area contributed by atoms with Crippen LogP contribution >= 0.6 is 13.5 Å². The summed E-state index contributed by atoms with van der Waals surface area (Å²) in [5.41, 5.74) is 1.50. The second kappa shape index (κ2) is 4.68. The van der Waals surface area contributed by atoms with Gasteiger partial charge in [0, 0.05) is 0 Å². The SMILES string of the molecule is CCC1=CCCC=C1.S. The Hall–Kier alpha value is -0.170. The quantitative estimate of drug-likeness (QED) is 0.528. The van der Waals surface area contributed by atoms with Gasteiger partial charge in [-0.25, -0.2) is 0 Å². The molecule has 1 aliphatic carbocycles. The van der Waals surface area contributed by atoms with E-state index in [4.69, 9.17) is 0 Å². The Bertz CT molecular complexity index is 123. The smallest absolute Gasteiger partial charge is 0.0310 e. The van der Waals surface area contributed by atoms with Gasteiger partial charge in [0.2, 0.25) is 0 Å². The molecule has 1 aliphatic rings. The zero-order valence-corrected chi connectivity index (χ0v) is 6.85. The van der Waals surface area contributed by atoms with Crippen LogP contribution in [-0.4, -0.2) is 0 Å². The third-order valence-electron chi connectivity index (χ3n) is 1.48. The van der Waals surface area contributed by atoms with Crippen LogP contribution in [0.15, 0.2) is 23.8 Å². The molecule has 0 aromatic carbocycles. The van der Waals surface area contributed by atoms with Gasteiger partial charge in [-0.05, 0) is 19.3 Å².